The summed E-state index contributed by atoms with van der Waals surface area (Å²) in [7, 11) is -6.36. The van der Waals surface area contributed by atoms with Crippen molar-refractivity contribution in [1.29, 1.82) is 0 Å². The first-order chi connectivity index (χ1) is 14.1. The lowest BCUT2D eigenvalue weighted by molar-refractivity contribution is -0.0482. The molecule has 0 unspecified atom stereocenters. The molecule has 0 aromatic heterocycles. The molecule has 0 fully saturated rings. The van der Waals surface area contributed by atoms with E-state index in [2.05, 4.69) is 53.0 Å². The van der Waals surface area contributed by atoms with E-state index in [9.17, 15) is 21.6 Å². The van der Waals surface area contributed by atoms with Crippen molar-refractivity contribution in [2.45, 2.75) is 76.5 Å². The van der Waals surface area contributed by atoms with Crippen molar-refractivity contribution in [3.63, 3.8) is 0 Å². The lowest BCUT2D eigenvalue weighted by Gasteiger charge is -2.38. The summed E-state index contributed by atoms with van der Waals surface area (Å²) in [6.45, 7) is 13.1. The summed E-state index contributed by atoms with van der Waals surface area (Å²) in [5.41, 5.74) is 1.22. The summed E-state index contributed by atoms with van der Waals surface area (Å²) in [6.07, 6.45) is 0.534. The van der Waals surface area contributed by atoms with Crippen LogP contribution in [0.4, 0.5) is 13.2 Å². The Hall–Kier alpha value is -1.01. The minimum Gasteiger partial charge on any atom is -0.203 e. The Labute approximate surface area is 191 Å². The quantitative estimate of drug-likeness (QED) is 0.300. The van der Waals surface area contributed by atoms with Crippen molar-refractivity contribution in [2.24, 2.45) is 0 Å². The van der Waals surface area contributed by atoms with Gasteiger partial charge in [-0.1, -0.05) is 65.1 Å². The van der Waals surface area contributed by atoms with Gasteiger partial charge in [0.2, 0.25) is 0 Å². The van der Waals surface area contributed by atoms with Crippen LogP contribution in [0.25, 0.3) is 0 Å². The van der Waals surface area contributed by atoms with E-state index in [1.165, 1.54) is 0 Å². The molecule has 0 radical (unpaired) electrons. The normalized spacial score (nSPS) is 13.3. The monoisotopic (exact) mass is 495 g/mol. The minimum absolute atomic E-state index is 0.200. The highest BCUT2D eigenvalue weighted by molar-refractivity contribution is 7.89. The fourth-order valence-corrected chi connectivity index (χ4v) is 10.5. The van der Waals surface area contributed by atoms with Crippen molar-refractivity contribution >= 4 is 29.7 Å². The van der Waals surface area contributed by atoms with E-state index in [-0.39, 0.29) is 13.0 Å². The van der Waals surface area contributed by atoms with Gasteiger partial charge in [0.1, 0.15) is 8.07 Å². The second-order valence-electron chi connectivity index (χ2n) is 8.79. The third-order valence-corrected chi connectivity index (χ3v) is 14.2. The molecule has 31 heavy (non-hydrogen) atoms. The molecular weight excluding hydrogens is 463 g/mol. The predicted molar refractivity (Wildman–Crippen MR) is 125 cm³/mol. The third kappa shape index (κ3) is 6.28. The lowest BCUT2D eigenvalue weighted by Crippen LogP contribution is -2.43. The van der Waals surface area contributed by atoms with E-state index in [1.54, 1.807) is 12.1 Å². The zero-order valence-corrected chi connectivity index (χ0v) is 21.8. The average molecular weight is 496 g/mol. The summed E-state index contributed by atoms with van der Waals surface area (Å²) in [6, 6.07) is 5.39. The van der Waals surface area contributed by atoms with Gasteiger partial charge in [0.25, 0.3) is 0 Å². The molecule has 1 aromatic carbocycles. The van der Waals surface area contributed by atoms with Crippen molar-refractivity contribution in [2.75, 3.05) is 13.6 Å². The molecule has 176 valence electrons. The van der Waals surface area contributed by atoms with E-state index in [4.69, 9.17) is 11.6 Å². The zero-order chi connectivity index (χ0) is 24.2. The standard InChI is InChI=1S/C22H33ClF3NO2SSi/c1-16(2)31(17(3)4,18(5)6)15-13-19-10-8-12-21(23)20(19)11-9-14-27(7)30(28,29)22(24,25)26/h8,10,12,16-18H,9,11,14H2,1-7H3. The van der Waals surface area contributed by atoms with E-state index in [0.29, 0.717) is 32.4 Å². The van der Waals surface area contributed by atoms with Crippen molar-refractivity contribution in [3.8, 4) is 11.5 Å². The maximum atomic E-state index is 12.7. The molecule has 0 saturated heterocycles. The van der Waals surface area contributed by atoms with Crippen LogP contribution in [0.2, 0.25) is 21.6 Å². The van der Waals surface area contributed by atoms with Crippen LogP contribution in [0.3, 0.4) is 0 Å². The van der Waals surface area contributed by atoms with Crippen LogP contribution >= 0.6 is 11.6 Å². The molecule has 0 atom stereocenters. The smallest absolute Gasteiger partial charge is 0.203 e. The van der Waals surface area contributed by atoms with Crippen LogP contribution in [0.15, 0.2) is 18.2 Å². The fourth-order valence-electron chi connectivity index (χ4n) is 4.31. The molecule has 0 aliphatic heterocycles. The number of hydrogen-bond acceptors (Lipinski definition) is 2. The van der Waals surface area contributed by atoms with Crippen LogP contribution in [-0.4, -0.2) is 39.9 Å². The molecule has 1 rings (SSSR count). The second kappa shape index (κ2) is 10.7. The van der Waals surface area contributed by atoms with Gasteiger partial charge in [-0.05, 0) is 47.2 Å². The molecule has 0 bridgehead atoms. The summed E-state index contributed by atoms with van der Waals surface area (Å²) in [4.78, 5) is 0. The number of alkyl halides is 3. The SMILES string of the molecule is CC(C)[Si](C#Cc1cccc(Cl)c1CCCN(C)S(=O)(=O)C(F)(F)F)(C(C)C)C(C)C. The van der Waals surface area contributed by atoms with Gasteiger partial charge in [-0.15, -0.1) is 5.54 Å². The Balaban J connectivity index is 3.19. The van der Waals surface area contributed by atoms with Gasteiger partial charge in [0, 0.05) is 24.2 Å². The number of rotatable bonds is 8. The highest BCUT2D eigenvalue weighted by Gasteiger charge is 2.48. The summed E-state index contributed by atoms with van der Waals surface area (Å²) in [5.74, 6) is 3.35. The fraction of sp³-hybridized carbons (Fsp3) is 0.636. The molecule has 0 aliphatic rings. The molecule has 0 N–H and O–H groups in total. The topological polar surface area (TPSA) is 37.4 Å². The van der Waals surface area contributed by atoms with Crippen molar-refractivity contribution in [1.82, 2.24) is 4.31 Å². The first kappa shape index (κ1) is 28.0. The molecular formula is C22H33ClF3NO2SSi. The molecule has 0 aliphatic carbocycles. The van der Waals surface area contributed by atoms with Crippen LogP contribution in [0, 0.1) is 11.5 Å². The van der Waals surface area contributed by atoms with E-state index in [1.807, 2.05) is 6.07 Å². The molecule has 0 heterocycles. The molecule has 1 aromatic rings. The van der Waals surface area contributed by atoms with Gasteiger partial charge >= 0.3 is 15.5 Å². The average Bonchev–Trinajstić information content (AvgIpc) is 2.62. The number of nitrogens with zero attached hydrogens (tertiary/aromatic N) is 1. The maximum Gasteiger partial charge on any atom is 0.511 e. The van der Waals surface area contributed by atoms with Crippen LogP contribution in [0.5, 0.6) is 0 Å². The molecule has 9 heteroatoms. The van der Waals surface area contributed by atoms with Crippen LogP contribution in [0.1, 0.15) is 59.1 Å². The zero-order valence-electron chi connectivity index (χ0n) is 19.3. The van der Waals surface area contributed by atoms with Gasteiger partial charge in [-0.3, -0.25) is 0 Å². The minimum atomic E-state index is -5.33. The lowest BCUT2D eigenvalue weighted by atomic mass is 10.0. The molecule has 3 nitrogen and oxygen atoms in total. The van der Waals surface area contributed by atoms with Gasteiger partial charge in [0.05, 0.1) is 0 Å². The third-order valence-electron chi connectivity index (χ3n) is 6.00. The highest BCUT2D eigenvalue weighted by atomic mass is 35.5. The van der Waals surface area contributed by atoms with E-state index >= 15 is 0 Å². The highest BCUT2D eigenvalue weighted by Crippen LogP contribution is 2.41. The van der Waals surface area contributed by atoms with Crippen molar-refractivity contribution < 1.29 is 21.6 Å². The molecule has 0 spiro atoms. The Bertz CT molecular complexity index is 897. The second-order valence-corrected chi connectivity index (χ2v) is 16.8. The van der Waals surface area contributed by atoms with E-state index < -0.39 is 23.6 Å². The molecule has 0 amide bonds. The van der Waals surface area contributed by atoms with Crippen LogP contribution < -0.4 is 0 Å². The first-order valence-corrected chi connectivity index (χ1v) is 14.5. The van der Waals surface area contributed by atoms with Gasteiger partial charge < -0.3 is 0 Å². The number of halogens is 4. The number of benzene rings is 1. The maximum absolute atomic E-state index is 12.7. The van der Waals surface area contributed by atoms with Crippen molar-refractivity contribution in [3.05, 3.63) is 34.3 Å². The number of sulfonamides is 1. The number of hydrogen-bond donors (Lipinski definition) is 0. The molecule has 0 saturated carbocycles. The first-order valence-electron chi connectivity index (χ1n) is 10.4. The summed E-state index contributed by atoms with van der Waals surface area (Å²) in [5, 5.41) is 0.485. The van der Waals surface area contributed by atoms with Gasteiger partial charge in [-0.25, -0.2) is 8.42 Å². The van der Waals surface area contributed by atoms with Gasteiger partial charge in [-0.2, -0.15) is 17.5 Å². The van der Waals surface area contributed by atoms with E-state index in [0.717, 1.165) is 18.2 Å². The summed E-state index contributed by atoms with van der Waals surface area (Å²) >= 11 is 6.38. The van der Waals surface area contributed by atoms with Gasteiger partial charge in [0.15, 0.2) is 0 Å². The van der Waals surface area contributed by atoms with Crippen LogP contribution in [-0.2, 0) is 16.4 Å². The Morgan fingerprint density at radius 3 is 2.03 bits per heavy atom. The largest absolute Gasteiger partial charge is 0.511 e. The Kier molecular flexibility index (Phi) is 9.70. The Morgan fingerprint density at radius 1 is 1.06 bits per heavy atom. The summed E-state index contributed by atoms with van der Waals surface area (Å²) < 4.78 is 61.4. The predicted octanol–water partition coefficient (Wildman–Crippen LogP) is 6.62. The Morgan fingerprint density at radius 2 is 1.58 bits per heavy atom.